The summed E-state index contributed by atoms with van der Waals surface area (Å²) in [5.41, 5.74) is 6.90. The van der Waals surface area contributed by atoms with Gasteiger partial charge in [-0.25, -0.2) is 8.78 Å². The van der Waals surface area contributed by atoms with Crippen LogP contribution in [0.5, 0.6) is 0 Å². The summed E-state index contributed by atoms with van der Waals surface area (Å²) in [7, 11) is 0. The standard InChI is InChI=1S/C15H19F2N/c1-8-4-14(17)12(7-13(8)16)15(18)11-6-9-2-3-10(11)5-9/h4,7,9-11,15H,2-3,5-6,18H2,1H3. The lowest BCUT2D eigenvalue weighted by Crippen LogP contribution is -2.27. The summed E-state index contributed by atoms with van der Waals surface area (Å²) in [6, 6.07) is 2.20. The smallest absolute Gasteiger partial charge is 0.128 e. The molecule has 2 bridgehead atoms. The monoisotopic (exact) mass is 251 g/mol. The van der Waals surface area contributed by atoms with Crippen LogP contribution in [0, 0.1) is 36.3 Å². The summed E-state index contributed by atoms with van der Waals surface area (Å²) in [6.07, 6.45) is 4.81. The maximum Gasteiger partial charge on any atom is 0.128 e. The van der Waals surface area contributed by atoms with Gasteiger partial charge in [0.1, 0.15) is 11.6 Å². The van der Waals surface area contributed by atoms with Crippen LogP contribution >= 0.6 is 0 Å². The molecule has 0 saturated heterocycles. The van der Waals surface area contributed by atoms with Gasteiger partial charge in [0.25, 0.3) is 0 Å². The van der Waals surface area contributed by atoms with Crippen LogP contribution in [0.15, 0.2) is 12.1 Å². The van der Waals surface area contributed by atoms with E-state index in [2.05, 4.69) is 0 Å². The van der Waals surface area contributed by atoms with E-state index in [0.717, 1.165) is 12.3 Å². The molecule has 0 spiro atoms. The van der Waals surface area contributed by atoms with Crippen molar-refractivity contribution in [2.24, 2.45) is 23.5 Å². The maximum absolute atomic E-state index is 13.9. The minimum Gasteiger partial charge on any atom is -0.324 e. The van der Waals surface area contributed by atoms with Gasteiger partial charge in [0, 0.05) is 11.6 Å². The number of hydrogen-bond donors (Lipinski definition) is 1. The first kappa shape index (κ1) is 12.1. The molecule has 2 fully saturated rings. The molecule has 0 amide bonds. The molecule has 0 heterocycles. The number of halogens is 2. The van der Waals surface area contributed by atoms with Gasteiger partial charge in [-0.15, -0.1) is 0 Å². The zero-order valence-electron chi connectivity index (χ0n) is 10.6. The molecule has 18 heavy (non-hydrogen) atoms. The van der Waals surface area contributed by atoms with Crippen LogP contribution in [-0.2, 0) is 0 Å². The van der Waals surface area contributed by atoms with Gasteiger partial charge < -0.3 is 5.73 Å². The molecule has 1 aromatic carbocycles. The summed E-state index contributed by atoms with van der Waals surface area (Å²) < 4.78 is 27.5. The molecule has 4 atom stereocenters. The second-order valence-electron chi connectivity index (χ2n) is 5.99. The average Bonchev–Trinajstić information content (AvgIpc) is 2.95. The maximum atomic E-state index is 13.9. The third-order valence-corrected chi connectivity index (χ3v) is 4.89. The van der Waals surface area contributed by atoms with Crippen LogP contribution < -0.4 is 5.73 Å². The fourth-order valence-corrected chi connectivity index (χ4v) is 3.88. The number of nitrogens with two attached hydrogens (primary N) is 1. The van der Waals surface area contributed by atoms with Crippen molar-refractivity contribution >= 4 is 0 Å². The first-order valence-corrected chi connectivity index (χ1v) is 6.77. The molecule has 2 N–H and O–H groups in total. The molecule has 1 aromatic rings. The van der Waals surface area contributed by atoms with E-state index in [0.29, 0.717) is 23.0 Å². The Morgan fingerprint density at radius 1 is 1.17 bits per heavy atom. The molecule has 98 valence electrons. The Balaban J connectivity index is 1.88. The molecular formula is C15H19F2N. The summed E-state index contributed by atoms with van der Waals surface area (Å²) in [5, 5.41) is 0. The van der Waals surface area contributed by atoms with Crippen molar-refractivity contribution in [3.8, 4) is 0 Å². The van der Waals surface area contributed by atoms with Gasteiger partial charge >= 0.3 is 0 Å². The van der Waals surface area contributed by atoms with E-state index in [1.165, 1.54) is 31.4 Å². The minimum atomic E-state index is -0.357. The molecule has 0 aromatic heterocycles. The quantitative estimate of drug-likeness (QED) is 0.852. The summed E-state index contributed by atoms with van der Waals surface area (Å²) in [5.74, 6) is 1.01. The van der Waals surface area contributed by atoms with E-state index in [1.807, 2.05) is 0 Å². The first-order chi connectivity index (χ1) is 8.56. The Morgan fingerprint density at radius 2 is 1.94 bits per heavy atom. The predicted molar refractivity (Wildman–Crippen MR) is 67.0 cm³/mol. The normalized spacial score (nSPS) is 31.9. The number of fused-ring (bicyclic) bond motifs is 2. The SMILES string of the molecule is Cc1cc(F)c(C(N)C2CC3CCC2C3)cc1F. The molecular weight excluding hydrogens is 232 g/mol. The van der Waals surface area contributed by atoms with Crippen molar-refractivity contribution < 1.29 is 8.78 Å². The van der Waals surface area contributed by atoms with Gasteiger partial charge in [0.05, 0.1) is 0 Å². The third-order valence-electron chi connectivity index (χ3n) is 4.89. The summed E-state index contributed by atoms with van der Waals surface area (Å²) in [4.78, 5) is 0. The van der Waals surface area contributed by atoms with Crippen molar-refractivity contribution in [3.63, 3.8) is 0 Å². The van der Waals surface area contributed by atoms with Gasteiger partial charge in [0.15, 0.2) is 0 Å². The highest BCUT2D eigenvalue weighted by atomic mass is 19.1. The van der Waals surface area contributed by atoms with E-state index in [4.69, 9.17) is 5.73 Å². The van der Waals surface area contributed by atoms with Crippen LogP contribution in [-0.4, -0.2) is 0 Å². The van der Waals surface area contributed by atoms with E-state index in [1.54, 1.807) is 6.92 Å². The minimum absolute atomic E-state index is 0.334. The fourth-order valence-electron chi connectivity index (χ4n) is 3.88. The molecule has 0 radical (unpaired) electrons. The molecule has 0 aliphatic heterocycles. The van der Waals surface area contributed by atoms with Crippen molar-refractivity contribution in [3.05, 3.63) is 34.9 Å². The van der Waals surface area contributed by atoms with Gasteiger partial charge in [-0.05, 0) is 61.6 Å². The Bertz CT molecular complexity index is 472. The number of rotatable bonds is 2. The Kier molecular flexibility index (Phi) is 2.89. The van der Waals surface area contributed by atoms with Crippen molar-refractivity contribution in [2.75, 3.05) is 0 Å². The van der Waals surface area contributed by atoms with E-state index in [9.17, 15) is 8.78 Å². The Hall–Kier alpha value is -0.960. The zero-order valence-corrected chi connectivity index (χ0v) is 10.6. The van der Waals surface area contributed by atoms with E-state index in [-0.39, 0.29) is 17.7 Å². The topological polar surface area (TPSA) is 26.0 Å². The van der Waals surface area contributed by atoms with Crippen molar-refractivity contribution in [1.29, 1.82) is 0 Å². The number of hydrogen-bond acceptors (Lipinski definition) is 1. The molecule has 1 nitrogen and oxygen atoms in total. The van der Waals surface area contributed by atoms with Gasteiger partial charge in [0.2, 0.25) is 0 Å². The van der Waals surface area contributed by atoms with Gasteiger partial charge in [-0.1, -0.05) is 6.42 Å². The highest BCUT2D eigenvalue weighted by Gasteiger charge is 2.42. The molecule has 2 aliphatic carbocycles. The lowest BCUT2D eigenvalue weighted by molar-refractivity contribution is 0.280. The fraction of sp³-hybridized carbons (Fsp3) is 0.600. The largest absolute Gasteiger partial charge is 0.324 e. The zero-order chi connectivity index (χ0) is 12.9. The van der Waals surface area contributed by atoms with Crippen LogP contribution in [0.1, 0.15) is 42.9 Å². The number of benzene rings is 1. The van der Waals surface area contributed by atoms with Crippen LogP contribution in [0.4, 0.5) is 8.78 Å². The van der Waals surface area contributed by atoms with E-state index >= 15 is 0 Å². The third kappa shape index (κ3) is 1.85. The van der Waals surface area contributed by atoms with Crippen LogP contribution in [0.3, 0.4) is 0 Å². The lowest BCUT2D eigenvalue weighted by atomic mass is 9.80. The second kappa shape index (κ2) is 4.30. The Morgan fingerprint density at radius 3 is 2.56 bits per heavy atom. The highest BCUT2D eigenvalue weighted by molar-refractivity contribution is 5.28. The summed E-state index contributed by atoms with van der Waals surface area (Å²) in [6.45, 7) is 1.57. The predicted octanol–water partition coefficient (Wildman–Crippen LogP) is 3.71. The van der Waals surface area contributed by atoms with Crippen molar-refractivity contribution in [1.82, 2.24) is 0 Å². The average molecular weight is 251 g/mol. The first-order valence-electron chi connectivity index (χ1n) is 6.77. The summed E-state index contributed by atoms with van der Waals surface area (Å²) >= 11 is 0. The molecule has 2 aliphatic rings. The lowest BCUT2D eigenvalue weighted by Gasteiger charge is -2.28. The van der Waals surface area contributed by atoms with Gasteiger partial charge in [-0.3, -0.25) is 0 Å². The Labute approximate surface area is 106 Å². The molecule has 3 heteroatoms. The van der Waals surface area contributed by atoms with Gasteiger partial charge in [-0.2, -0.15) is 0 Å². The molecule has 2 saturated carbocycles. The second-order valence-corrected chi connectivity index (χ2v) is 5.99. The van der Waals surface area contributed by atoms with E-state index < -0.39 is 0 Å². The number of aryl methyl sites for hydroxylation is 1. The van der Waals surface area contributed by atoms with Crippen LogP contribution in [0.2, 0.25) is 0 Å². The van der Waals surface area contributed by atoms with Crippen LogP contribution in [0.25, 0.3) is 0 Å². The highest BCUT2D eigenvalue weighted by Crippen LogP contribution is 2.52. The van der Waals surface area contributed by atoms with Crippen molar-refractivity contribution in [2.45, 2.75) is 38.6 Å². The molecule has 4 unspecified atom stereocenters. The molecule has 3 rings (SSSR count).